The van der Waals surface area contributed by atoms with E-state index in [0.29, 0.717) is 5.56 Å². The molecule has 0 aliphatic rings. The SMILES string of the molecule is Cc1cc(NS(=O)(=O)/C=C/c2ccccc2)cc(C)c1S(=O)(=O)C[N+](=O)[O-]. The average Bonchev–Trinajstić information content (AvgIpc) is 2.51. The molecule has 0 aliphatic carbocycles. The van der Waals surface area contributed by atoms with Gasteiger partial charge in [-0.05, 0) is 48.7 Å². The molecule has 0 spiro atoms. The number of aryl methyl sites for hydroxylation is 2. The third-order valence-electron chi connectivity index (χ3n) is 3.55. The predicted octanol–water partition coefficient (Wildman–Crippen LogP) is 2.72. The molecule has 0 heterocycles. The molecule has 0 atom stereocenters. The van der Waals surface area contributed by atoms with E-state index < -0.39 is 30.7 Å². The van der Waals surface area contributed by atoms with Crippen molar-refractivity contribution in [3.8, 4) is 0 Å². The van der Waals surface area contributed by atoms with Crippen LogP contribution in [0.15, 0.2) is 52.8 Å². The normalized spacial score (nSPS) is 12.2. The lowest BCUT2D eigenvalue weighted by atomic mass is 10.1. The second-order valence-corrected chi connectivity index (χ2v) is 9.34. The summed E-state index contributed by atoms with van der Waals surface area (Å²) in [6.07, 6.45) is 1.43. The first-order valence-electron chi connectivity index (χ1n) is 7.72. The fourth-order valence-corrected chi connectivity index (χ4v) is 4.99. The Morgan fingerprint density at radius 2 is 1.59 bits per heavy atom. The lowest BCUT2D eigenvalue weighted by Gasteiger charge is -2.12. The smallest absolute Gasteiger partial charge is 0.280 e. The number of hydrogen-bond acceptors (Lipinski definition) is 6. The zero-order valence-electron chi connectivity index (χ0n) is 14.6. The Balaban J connectivity index is 2.30. The van der Waals surface area contributed by atoms with Crippen molar-refractivity contribution in [3.63, 3.8) is 0 Å². The number of nitro groups is 1. The molecule has 0 amide bonds. The molecule has 10 heteroatoms. The van der Waals surface area contributed by atoms with Gasteiger partial charge >= 0.3 is 5.88 Å². The molecular weight excluding hydrogens is 392 g/mol. The quantitative estimate of drug-likeness (QED) is 0.553. The lowest BCUT2D eigenvalue weighted by molar-refractivity contribution is -0.458. The highest BCUT2D eigenvalue weighted by molar-refractivity contribution is 7.95. The highest BCUT2D eigenvalue weighted by Crippen LogP contribution is 2.26. The number of nitrogens with zero attached hydrogens (tertiary/aromatic N) is 1. The van der Waals surface area contributed by atoms with E-state index in [9.17, 15) is 26.9 Å². The van der Waals surface area contributed by atoms with Crippen molar-refractivity contribution in [2.75, 3.05) is 10.6 Å². The molecule has 1 N–H and O–H groups in total. The number of nitrogens with one attached hydrogen (secondary N) is 1. The number of anilines is 1. The second kappa shape index (κ2) is 7.89. The molecule has 0 saturated carbocycles. The van der Waals surface area contributed by atoms with Crippen LogP contribution in [0.1, 0.15) is 16.7 Å². The van der Waals surface area contributed by atoms with Crippen molar-refractivity contribution in [2.45, 2.75) is 18.7 Å². The number of sulfone groups is 1. The van der Waals surface area contributed by atoms with E-state index in [2.05, 4.69) is 4.72 Å². The molecule has 144 valence electrons. The van der Waals surface area contributed by atoms with Gasteiger partial charge in [0.25, 0.3) is 10.0 Å². The largest absolute Gasteiger partial charge is 0.305 e. The summed E-state index contributed by atoms with van der Waals surface area (Å²) in [7, 11) is -7.94. The highest BCUT2D eigenvalue weighted by atomic mass is 32.2. The zero-order valence-corrected chi connectivity index (χ0v) is 16.2. The van der Waals surface area contributed by atoms with Crippen LogP contribution in [-0.4, -0.2) is 27.6 Å². The van der Waals surface area contributed by atoms with Gasteiger partial charge in [-0.1, -0.05) is 30.3 Å². The van der Waals surface area contributed by atoms with E-state index in [-0.39, 0.29) is 21.7 Å². The van der Waals surface area contributed by atoms with Gasteiger partial charge in [0.15, 0.2) is 0 Å². The van der Waals surface area contributed by atoms with E-state index in [1.807, 2.05) is 6.07 Å². The van der Waals surface area contributed by atoms with Gasteiger partial charge in [0.05, 0.1) is 10.3 Å². The van der Waals surface area contributed by atoms with Crippen molar-refractivity contribution in [3.05, 3.63) is 74.7 Å². The standard InChI is InChI=1S/C17H18N2O6S2/c1-13-10-16(11-14(2)17(13)26(22,23)12-19(20)21)18-27(24,25)9-8-15-6-4-3-5-7-15/h3-11,18H,12H2,1-2H3/b9-8+. The average molecular weight is 410 g/mol. The van der Waals surface area contributed by atoms with Gasteiger partial charge in [0.2, 0.25) is 9.84 Å². The van der Waals surface area contributed by atoms with Crippen LogP contribution in [0.5, 0.6) is 0 Å². The molecular formula is C17H18N2O6S2. The summed E-state index contributed by atoms with van der Waals surface area (Å²) in [4.78, 5) is 9.50. The summed E-state index contributed by atoms with van der Waals surface area (Å²) < 4.78 is 51.1. The summed E-state index contributed by atoms with van der Waals surface area (Å²) in [5, 5.41) is 11.6. The minimum Gasteiger partial charge on any atom is -0.280 e. The molecule has 0 aromatic heterocycles. The van der Waals surface area contributed by atoms with Crippen LogP contribution in [0.2, 0.25) is 0 Å². The molecule has 27 heavy (non-hydrogen) atoms. The topological polar surface area (TPSA) is 123 Å². The number of sulfonamides is 1. The van der Waals surface area contributed by atoms with Crippen molar-refractivity contribution in [1.82, 2.24) is 0 Å². The number of hydrogen-bond donors (Lipinski definition) is 1. The molecule has 0 fully saturated rings. The van der Waals surface area contributed by atoms with Crippen LogP contribution in [-0.2, 0) is 19.9 Å². The van der Waals surface area contributed by atoms with Crippen LogP contribution in [0, 0.1) is 24.0 Å². The first-order chi connectivity index (χ1) is 12.5. The van der Waals surface area contributed by atoms with Crippen LogP contribution in [0.3, 0.4) is 0 Å². The van der Waals surface area contributed by atoms with Crippen LogP contribution in [0.4, 0.5) is 5.69 Å². The Bertz CT molecular complexity index is 1070. The van der Waals surface area contributed by atoms with E-state index >= 15 is 0 Å². The number of rotatable bonds is 7. The molecule has 2 rings (SSSR count). The maximum atomic E-state index is 12.2. The Morgan fingerprint density at radius 3 is 2.11 bits per heavy atom. The maximum absolute atomic E-state index is 12.2. The summed E-state index contributed by atoms with van der Waals surface area (Å²) in [5.41, 5.74) is 1.32. The van der Waals surface area contributed by atoms with Crippen LogP contribution in [0.25, 0.3) is 6.08 Å². The van der Waals surface area contributed by atoms with Gasteiger partial charge in [-0.2, -0.15) is 0 Å². The van der Waals surface area contributed by atoms with Crippen molar-refractivity contribution < 1.29 is 21.8 Å². The van der Waals surface area contributed by atoms with Crippen LogP contribution >= 0.6 is 0 Å². The fraction of sp³-hybridized carbons (Fsp3) is 0.176. The maximum Gasteiger partial charge on any atom is 0.305 e. The molecule has 0 aliphatic heterocycles. The van der Waals surface area contributed by atoms with Gasteiger partial charge in [-0.25, -0.2) is 16.8 Å². The van der Waals surface area contributed by atoms with E-state index in [0.717, 1.165) is 5.41 Å². The van der Waals surface area contributed by atoms with E-state index in [1.54, 1.807) is 24.3 Å². The summed E-state index contributed by atoms with van der Waals surface area (Å²) in [6.45, 7) is 2.91. The van der Waals surface area contributed by atoms with Crippen molar-refractivity contribution in [1.29, 1.82) is 0 Å². The minimum atomic E-state index is -4.12. The van der Waals surface area contributed by atoms with Crippen LogP contribution < -0.4 is 4.72 Å². The van der Waals surface area contributed by atoms with Gasteiger partial charge < -0.3 is 0 Å². The van der Waals surface area contributed by atoms with Crippen molar-refractivity contribution in [2.24, 2.45) is 0 Å². The van der Waals surface area contributed by atoms with Gasteiger partial charge in [0, 0.05) is 10.6 Å². The monoisotopic (exact) mass is 410 g/mol. The molecule has 8 nitrogen and oxygen atoms in total. The Kier molecular flexibility index (Phi) is 6.01. The minimum absolute atomic E-state index is 0.165. The Labute approximate surface area is 157 Å². The summed E-state index contributed by atoms with van der Waals surface area (Å²) in [5.74, 6) is -1.22. The zero-order chi connectivity index (χ0) is 20.2. The van der Waals surface area contributed by atoms with E-state index in [4.69, 9.17) is 0 Å². The lowest BCUT2D eigenvalue weighted by Crippen LogP contribution is -2.17. The molecule has 2 aromatic rings. The molecule has 0 unspecified atom stereocenters. The summed E-state index contributed by atoms with van der Waals surface area (Å²) in [6, 6.07) is 11.5. The fourth-order valence-electron chi connectivity index (χ4n) is 2.63. The van der Waals surface area contributed by atoms with Crippen molar-refractivity contribution >= 4 is 31.6 Å². The van der Waals surface area contributed by atoms with E-state index in [1.165, 1.54) is 32.1 Å². The highest BCUT2D eigenvalue weighted by Gasteiger charge is 2.26. The molecule has 0 radical (unpaired) electrons. The molecule has 0 saturated heterocycles. The number of benzene rings is 2. The third kappa shape index (κ3) is 5.63. The molecule has 0 bridgehead atoms. The Morgan fingerprint density at radius 1 is 1.04 bits per heavy atom. The first kappa shape index (κ1) is 20.6. The first-order valence-corrected chi connectivity index (χ1v) is 10.9. The Hall–Kier alpha value is -2.72. The van der Waals surface area contributed by atoms with Gasteiger partial charge in [-0.15, -0.1) is 0 Å². The predicted molar refractivity (Wildman–Crippen MR) is 103 cm³/mol. The second-order valence-electron chi connectivity index (χ2n) is 5.88. The van der Waals surface area contributed by atoms with Gasteiger partial charge in [0.1, 0.15) is 0 Å². The third-order valence-corrected chi connectivity index (χ3v) is 6.38. The van der Waals surface area contributed by atoms with Gasteiger partial charge in [-0.3, -0.25) is 14.8 Å². The summed E-state index contributed by atoms with van der Waals surface area (Å²) >= 11 is 0. The molecule has 2 aromatic carbocycles.